The zero-order valence-corrected chi connectivity index (χ0v) is 46.2. The molecule has 410 valence electrons. The van der Waals surface area contributed by atoms with E-state index in [9.17, 15) is 20.0 Å². The van der Waals surface area contributed by atoms with E-state index in [2.05, 4.69) is 66.3 Å². The van der Waals surface area contributed by atoms with E-state index in [1.54, 1.807) is 36.4 Å². The minimum Gasteiger partial charge on any atom is -0.507 e. The van der Waals surface area contributed by atoms with Gasteiger partial charge in [-0.1, -0.05) is 131 Å². The monoisotopic (exact) mass is 1100 g/mol. The number of aromatic hydroxyl groups is 1. The molecule has 0 bridgehead atoms. The number of rotatable bonds is 21. The molecule has 78 heavy (non-hydrogen) atoms. The number of unbranched alkanes of at least 4 members (excludes halogenated alkanes) is 6. The summed E-state index contributed by atoms with van der Waals surface area (Å²) >= 11 is 12.5. The van der Waals surface area contributed by atoms with Crippen molar-refractivity contribution in [3.63, 3.8) is 0 Å². The van der Waals surface area contributed by atoms with E-state index in [1.807, 2.05) is 32.9 Å². The highest BCUT2D eigenvalue weighted by atomic mass is 35.5. The van der Waals surface area contributed by atoms with Crippen molar-refractivity contribution in [2.75, 3.05) is 57.4 Å². The third-order valence-electron chi connectivity index (χ3n) is 15.0. The number of phenols is 1. The Labute approximate surface area is 466 Å². The number of nitrogen functional groups attached to an aromatic ring is 1. The van der Waals surface area contributed by atoms with Crippen molar-refractivity contribution in [2.45, 2.75) is 102 Å². The summed E-state index contributed by atoms with van der Waals surface area (Å²) in [5.41, 5.74) is 8.71. The molecule has 4 unspecified atom stereocenters. The first-order valence-corrected chi connectivity index (χ1v) is 27.5. The summed E-state index contributed by atoms with van der Waals surface area (Å²) in [5, 5.41) is 39.0. The lowest BCUT2D eigenvalue weighted by atomic mass is 9.62. The molecule has 3 heterocycles. The number of methoxy groups -OCH3 is 1. The van der Waals surface area contributed by atoms with Crippen molar-refractivity contribution in [3.05, 3.63) is 153 Å². The number of hydrogen-bond acceptors (Lipinski definition) is 11. The Morgan fingerprint density at radius 1 is 0.859 bits per heavy atom. The molecule has 0 radical (unpaired) electrons. The van der Waals surface area contributed by atoms with Crippen molar-refractivity contribution in [1.82, 2.24) is 30.6 Å². The van der Waals surface area contributed by atoms with Gasteiger partial charge < -0.3 is 36.4 Å². The first kappa shape index (κ1) is 57.5. The van der Waals surface area contributed by atoms with E-state index in [0.29, 0.717) is 35.6 Å². The minimum atomic E-state index is -1.79. The molecule has 6 N–H and O–H groups in total. The van der Waals surface area contributed by atoms with Gasteiger partial charge in [0.05, 0.1) is 35.6 Å². The van der Waals surface area contributed by atoms with Gasteiger partial charge in [0.25, 0.3) is 5.91 Å². The van der Waals surface area contributed by atoms with Gasteiger partial charge in [0.2, 0.25) is 5.91 Å². The van der Waals surface area contributed by atoms with Crippen molar-refractivity contribution < 1.29 is 28.2 Å². The molecule has 1 aromatic heterocycles. The number of nitriles is 1. The van der Waals surface area contributed by atoms with Crippen LogP contribution in [0.15, 0.2) is 109 Å². The Morgan fingerprint density at radius 3 is 2.26 bits per heavy atom. The van der Waals surface area contributed by atoms with Crippen LogP contribution in [-0.2, 0) is 16.8 Å². The van der Waals surface area contributed by atoms with Crippen molar-refractivity contribution >= 4 is 46.5 Å². The molecule has 2 fully saturated rings. The molecule has 2 aliphatic heterocycles. The fraction of sp³-hybridized carbons (Fsp3) is 0.393. The normalized spacial score (nSPS) is 18.8. The Kier molecular flexibility index (Phi) is 19.1. The predicted octanol–water partition coefficient (Wildman–Crippen LogP) is 11.9. The molecule has 13 nitrogen and oxygen atoms in total. The number of piperazine rings is 1. The lowest BCUT2D eigenvalue weighted by Gasteiger charge is -2.37. The molecule has 2 aliphatic rings. The highest BCUT2D eigenvalue weighted by molar-refractivity contribution is 6.31. The van der Waals surface area contributed by atoms with Crippen molar-refractivity contribution in [3.8, 4) is 40.0 Å². The number of nitrogens with two attached hydrogens (primary N) is 1. The topological polar surface area (TPSA) is 182 Å². The van der Waals surface area contributed by atoms with Crippen LogP contribution < -0.4 is 26.4 Å². The van der Waals surface area contributed by atoms with Crippen LogP contribution in [0.2, 0.25) is 10.0 Å². The van der Waals surface area contributed by atoms with E-state index >= 15 is 8.78 Å². The summed E-state index contributed by atoms with van der Waals surface area (Å²) < 4.78 is 37.9. The number of para-hydroxylation sites is 1. The number of hydrogen-bond donors (Lipinski definition) is 5. The van der Waals surface area contributed by atoms with Gasteiger partial charge in [0.15, 0.2) is 5.82 Å². The van der Waals surface area contributed by atoms with Crippen molar-refractivity contribution in [2.24, 2.45) is 5.41 Å². The second kappa shape index (κ2) is 25.9. The fourth-order valence-electron chi connectivity index (χ4n) is 11.0. The Morgan fingerprint density at radius 2 is 1.56 bits per heavy atom. The molecule has 17 heteroatoms. The number of halogens is 4. The maximum absolute atomic E-state index is 16.2. The number of phenolic OH excluding ortho intramolecular Hbond substituents is 1. The average Bonchev–Trinajstić information content (AvgIpc) is 3.99. The number of amides is 2. The fourth-order valence-corrected chi connectivity index (χ4v) is 11.4. The number of aromatic nitrogens is 2. The van der Waals surface area contributed by atoms with Gasteiger partial charge in [-0.25, -0.2) is 8.78 Å². The van der Waals surface area contributed by atoms with Crippen LogP contribution in [0.4, 0.5) is 20.3 Å². The molecule has 0 saturated carbocycles. The number of carbonyl (C=O) groups excluding carboxylic acids is 2. The van der Waals surface area contributed by atoms with Crippen LogP contribution in [-0.4, -0.2) is 95.4 Å². The summed E-state index contributed by atoms with van der Waals surface area (Å²) in [5.74, 6) is -3.03. The summed E-state index contributed by atoms with van der Waals surface area (Å²) in [6, 6.07) is 30.7. The first-order valence-electron chi connectivity index (χ1n) is 26.8. The third kappa shape index (κ3) is 13.6. The standard InChI is InChI=1S/C61H69Cl2F2N9O4/c1-60(2,3)36-53-61(38-66,46-25-24-42(62)34-48(46)64)54(44-16-14-17-47(63)55(44)65)56(70-53)59(77)69-49-26-23-41(33-52(49)78-4)58(76)68-27-12-8-6-5-7-9-13-28-73-29-31-74(32-30-73)37-39-19-21-40(22-20-39)45-35-50(71-72-57(45)67)43-15-10-11-18-51(43)75/h10-11,14-26,33-35,53-54,56,70,75H,5-9,12-13,27-32,36-37H2,1-4H3,(H2,67,72)(H,68,76)(H,69,77). The van der Waals surface area contributed by atoms with Gasteiger partial charge in [-0.3, -0.25) is 14.5 Å². The van der Waals surface area contributed by atoms with Gasteiger partial charge in [-0.05, 0) is 103 Å². The lowest BCUT2D eigenvalue weighted by molar-refractivity contribution is -0.118. The van der Waals surface area contributed by atoms with Gasteiger partial charge in [-0.2, -0.15) is 5.26 Å². The highest BCUT2D eigenvalue weighted by Crippen LogP contribution is 2.53. The molecule has 8 rings (SSSR count). The molecule has 4 atom stereocenters. The largest absolute Gasteiger partial charge is 0.507 e. The molecule has 2 amide bonds. The number of ether oxygens (including phenoxy) is 1. The van der Waals surface area contributed by atoms with E-state index in [0.717, 1.165) is 82.1 Å². The molecule has 5 aromatic carbocycles. The van der Waals surface area contributed by atoms with Gasteiger partial charge in [-0.15, -0.1) is 10.2 Å². The minimum absolute atomic E-state index is 0.0217. The highest BCUT2D eigenvalue weighted by Gasteiger charge is 2.61. The molecular weight excluding hydrogens is 1030 g/mol. The summed E-state index contributed by atoms with van der Waals surface area (Å²) in [6.07, 6.45) is 7.92. The third-order valence-corrected chi connectivity index (χ3v) is 15.6. The Hall–Kier alpha value is -6.67. The quantitative estimate of drug-likeness (QED) is 0.0433. The van der Waals surface area contributed by atoms with Crippen LogP contribution in [0.1, 0.15) is 105 Å². The van der Waals surface area contributed by atoms with Crippen LogP contribution in [0.3, 0.4) is 0 Å². The van der Waals surface area contributed by atoms with Gasteiger partial charge in [0.1, 0.15) is 28.5 Å². The second-order valence-electron chi connectivity index (χ2n) is 21.7. The maximum atomic E-state index is 16.2. The molecule has 0 aliphatic carbocycles. The summed E-state index contributed by atoms with van der Waals surface area (Å²) in [4.78, 5) is 32.9. The zero-order chi connectivity index (χ0) is 55.6. The van der Waals surface area contributed by atoms with E-state index in [-0.39, 0.29) is 44.3 Å². The number of nitrogens with zero attached hydrogens (tertiary/aromatic N) is 5. The molecule has 2 saturated heterocycles. The Balaban J connectivity index is 0.757. The van der Waals surface area contributed by atoms with Crippen LogP contribution in [0, 0.1) is 28.4 Å². The Bertz CT molecular complexity index is 3110. The lowest BCUT2D eigenvalue weighted by Crippen LogP contribution is -2.46. The summed E-state index contributed by atoms with van der Waals surface area (Å²) in [6.45, 7) is 12.6. The smallest absolute Gasteiger partial charge is 0.251 e. The van der Waals surface area contributed by atoms with Gasteiger partial charge >= 0.3 is 0 Å². The first-order chi connectivity index (χ1) is 37.5. The van der Waals surface area contributed by atoms with Crippen molar-refractivity contribution in [1.29, 1.82) is 5.26 Å². The van der Waals surface area contributed by atoms with E-state index in [1.165, 1.54) is 62.3 Å². The van der Waals surface area contributed by atoms with Crippen LogP contribution >= 0.6 is 23.2 Å². The SMILES string of the molecule is COc1cc(C(=O)NCCCCCCCCCN2CCN(Cc3ccc(-c4cc(-c5ccccc5O)nnc4N)cc3)CC2)ccc1NC(=O)C1NC(CC(C)(C)C)C(C#N)(c2ccc(Cl)cc2F)C1c1cccc(Cl)c1F. The van der Waals surface area contributed by atoms with Crippen LogP contribution in [0.25, 0.3) is 22.4 Å². The number of anilines is 2. The second-order valence-corrected chi connectivity index (χ2v) is 22.5. The molecule has 6 aromatic rings. The summed E-state index contributed by atoms with van der Waals surface area (Å²) in [7, 11) is 1.43. The molecular formula is C61H69Cl2F2N9O4. The number of benzene rings is 5. The van der Waals surface area contributed by atoms with E-state index in [4.69, 9.17) is 33.7 Å². The number of carbonyl (C=O) groups is 2. The van der Waals surface area contributed by atoms with E-state index < -0.39 is 46.4 Å². The molecule has 0 spiro atoms. The predicted molar refractivity (Wildman–Crippen MR) is 305 cm³/mol. The maximum Gasteiger partial charge on any atom is 0.251 e. The van der Waals surface area contributed by atoms with Gasteiger partial charge in [0, 0.05) is 78.5 Å². The zero-order valence-electron chi connectivity index (χ0n) is 44.7. The average molecular weight is 1100 g/mol. The van der Waals surface area contributed by atoms with Crippen LogP contribution in [0.5, 0.6) is 11.5 Å². The number of nitrogens with one attached hydrogen (secondary N) is 3.